The molecule has 1 atom stereocenters. The third kappa shape index (κ3) is 3.83. The Balaban J connectivity index is 2.08. The summed E-state index contributed by atoms with van der Waals surface area (Å²) in [5.41, 5.74) is 0.00515. The van der Waals surface area contributed by atoms with Crippen LogP contribution in [-0.2, 0) is 0 Å². The van der Waals surface area contributed by atoms with E-state index >= 15 is 0 Å². The van der Waals surface area contributed by atoms with Crippen LogP contribution in [0.5, 0.6) is 0 Å². The quantitative estimate of drug-likeness (QED) is 0.784. The standard InChI is InChI=1S/C15H16FN3O4/c16-13-2-1-10(5-11(13)6-17)14(21)8-18-3-4-19(15(22)23)7-12(18)9-20/h1-2,5,12,20H,3-4,7-9H2,(H,22,23)/t12-/m0/s1. The molecule has 1 heterocycles. The molecular formula is C15H16FN3O4. The van der Waals surface area contributed by atoms with Gasteiger partial charge in [0.25, 0.3) is 0 Å². The Morgan fingerprint density at radius 2 is 2.13 bits per heavy atom. The van der Waals surface area contributed by atoms with E-state index in [9.17, 15) is 19.1 Å². The smallest absolute Gasteiger partial charge is 0.407 e. The van der Waals surface area contributed by atoms with Gasteiger partial charge in [-0.25, -0.2) is 9.18 Å². The number of hydrogen-bond donors (Lipinski definition) is 2. The van der Waals surface area contributed by atoms with Crippen molar-refractivity contribution < 1.29 is 24.2 Å². The van der Waals surface area contributed by atoms with Gasteiger partial charge in [0, 0.05) is 25.2 Å². The molecule has 2 rings (SSSR count). The molecule has 23 heavy (non-hydrogen) atoms. The molecule has 0 unspecified atom stereocenters. The Morgan fingerprint density at radius 3 is 2.74 bits per heavy atom. The van der Waals surface area contributed by atoms with Gasteiger partial charge >= 0.3 is 6.09 Å². The Morgan fingerprint density at radius 1 is 1.39 bits per heavy atom. The van der Waals surface area contributed by atoms with Crippen molar-refractivity contribution in [3.63, 3.8) is 0 Å². The van der Waals surface area contributed by atoms with Crippen LogP contribution in [-0.4, -0.2) is 70.7 Å². The molecule has 1 aliphatic heterocycles. The van der Waals surface area contributed by atoms with E-state index < -0.39 is 18.0 Å². The van der Waals surface area contributed by atoms with Gasteiger partial charge in [-0.05, 0) is 18.2 Å². The molecule has 0 saturated carbocycles. The zero-order valence-corrected chi connectivity index (χ0v) is 12.3. The van der Waals surface area contributed by atoms with E-state index in [4.69, 9.17) is 10.4 Å². The number of benzene rings is 1. The molecule has 122 valence electrons. The maximum atomic E-state index is 13.3. The molecule has 2 N–H and O–H groups in total. The number of piperazine rings is 1. The molecule has 0 aliphatic carbocycles. The minimum atomic E-state index is -1.06. The maximum Gasteiger partial charge on any atom is 0.407 e. The van der Waals surface area contributed by atoms with Crippen molar-refractivity contribution in [2.45, 2.75) is 6.04 Å². The number of hydrogen-bond acceptors (Lipinski definition) is 5. The van der Waals surface area contributed by atoms with Gasteiger partial charge in [0.1, 0.15) is 11.9 Å². The minimum Gasteiger partial charge on any atom is -0.465 e. The first kappa shape index (κ1) is 16.9. The lowest BCUT2D eigenvalue weighted by atomic mass is 10.1. The molecule has 0 bridgehead atoms. The number of carbonyl (C=O) groups is 2. The molecule has 0 spiro atoms. The molecule has 7 nitrogen and oxygen atoms in total. The predicted molar refractivity (Wildman–Crippen MR) is 77.5 cm³/mol. The van der Waals surface area contributed by atoms with Crippen LogP contribution in [0.1, 0.15) is 15.9 Å². The molecule has 1 saturated heterocycles. The van der Waals surface area contributed by atoms with Crippen molar-refractivity contribution in [1.29, 1.82) is 5.26 Å². The summed E-state index contributed by atoms with van der Waals surface area (Å²) in [6.07, 6.45) is -1.06. The lowest BCUT2D eigenvalue weighted by Crippen LogP contribution is -2.56. The molecule has 0 radical (unpaired) electrons. The Kier molecular flexibility index (Phi) is 5.26. The van der Waals surface area contributed by atoms with Gasteiger partial charge < -0.3 is 15.1 Å². The number of nitriles is 1. The van der Waals surface area contributed by atoms with Gasteiger partial charge in [0.2, 0.25) is 0 Å². The van der Waals surface area contributed by atoms with Gasteiger partial charge in [-0.1, -0.05) is 0 Å². The van der Waals surface area contributed by atoms with Crippen LogP contribution in [0.2, 0.25) is 0 Å². The Hall–Kier alpha value is -2.50. The summed E-state index contributed by atoms with van der Waals surface area (Å²) in [6.45, 7) is 0.368. The second kappa shape index (κ2) is 7.17. The predicted octanol–water partition coefficient (Wildman–Crippen LogP) is 0.537. The topological polar surface area (TPSA) is 105 Å². The zero-order chi connectivity index (χ0) is 17.0. The van der Waals surface area contributed by atoms with Crippen LogP contribution in [0.25, 0.3) is 0 Å². The Bertz CT molecular complexity index is 659. The number of aliphatic hydroxyl groups is 1. The number of nitrogens with zero attached hydrogens (tertiary/aromatic N) is 3. The summed E-state index contributed by atoms with van der Waals surface area (Å²) >= 11 is 0. The highest BCUT2D eigenvalue weighted by Gasteiger charge is 2.30. The molecular weight excluding hydrogens is 305 g/mol. The van der Waals surface area contributed by atoms with Gasteiger partial charge in [-0.2, -0.15) is 5.26 Å². The van der Waals surface area contributed by atoms with Crippen molar-refractivity contribution in [3.8, 4) is 6.07 Å². The highest BCUT2D eigenvalue weighted by molar-refractivity contribution is 5.98. The number of Topliss-reactive ketones (excluding diaryl/α,β-unsaturated/α-hetero) is 1. The van der Waals surface area contributed by atoms with Crippen LogP contribution in [0.3, 0.4) is 0 Å². The fourth-order valence-electron chi connectivity index (χ4n) is 2.51. The van der Waals surface area contributed by atoms with Crippen LogP contribution in [0, 0.1) is 17.1 Å². The maximum absolute atomic E-state index is 13.3. The number of amides is 1. The number of carbonyl (C=O) groups excluding carboxylic acids is 1. The second-order valence-electron chi connectivity index (χ2n) is 5.27. The van der Waals surface area contributed by atoms with Crippen LogP contribution >= 0.6 is 0 Å². The largest absolute Gasteiger partial charge is 0.465 e. The minimum absolute atomic E-state index is 0.0326. The van der Waals surface area contributed by atoms with Crippen molar-refractivity contribution in [2.24, 2.45) is 0 Å². The van der Waals surface area contributed by atoms with Gasteiger partial charge in [-0.3, -0.25) is 9.69 Å². The average Bonchev–Trinajstić information content (AvgIpc) is 2.55. The number of halogens is 1. The number of ketones is 1. The van der Waals surface area contributed by atoms with Crippen molar-refractivity contribution in [3.05, 3.63) is 35.1 Å². The SMILES string of the molecule is N#Cc1cc(C(=O)CN2CCN(C(=O)O)C[C@H]2CO)ccc1F. The first-order valence-electron chi connectivity index (χ1n) is 7.02. The van der Waals surface area contributed by atoms with E-state index in [1.165, 1.54) is 17.0 Å². The molecule has 1 aromatic rings. The molecule has 8 heteroatoms. The first-order chi connectivity index (χ1) is 11.0. The highest BCUT2D eigenvalue weighted by Crippen LogP contribution is 2.14. The van der Waals surface area contributed by atoms with Crippen molar-refractivity contribution >= 4 is 11.9 Å². The normalized spacial score (nSPS) is 18.5. The number of aliphatic hydroxyl groups excluding tert-OH is 1. The number of carboxylic acid groups (broad SMARTS) is 1. The second-order valence-corrected chi connectivity index (χ2v) is 5.27. The summed E-state index contributed by atoms with van der Waals surface area (Å²) in [5, 5.41) is 27.2. The van der Waals surface area contributed by atoms with Crippen LogP contribution < -0.4 is 0 Å². The van der Waals surface area contributed by atoms with Crippen molar-refractivity contribution in [1.82, 2.24) is 9.80 Å². The molecule has 1 amide bonds. The summed E-state index contributed by atoms with van der Waals surface area (Å²) in [6, 6.07) is 4.77. The first-order valence-corrected chi connectivity index (χ1v) is 7.02. The van der Waals surface area contributed by atoms with E-state index in [-0.39, 0.29) is 43.2 Å². The van der Waals surface area contributed by atoms with E-state index in [2.05, 4.69) is 0 Å². The fourth-order valence-corrected chi connectivity index (χ4v) is 2.51. The van der Waals surface area contributed by atoms with E-state index in [0.29, 0.717) is 6.54 Å². The monoisotopic (exact) mass is 321 g/mol. The molecule has 1 aromatic carbocycles. The highest BCUT2D eigenvalue weighted by atomic mass is 19.1. The summed E-state index contributed by atoms with van der Waals surface area (Å²) in [5.74, 6) is -1.00. The fraction of sp³-hybridized carbons (Fsp3) is 0.400. The lowest BCUT2D eigenvalue weighted by molar-refractivity contribution is 0.0401. The van der Waals surface area contributed by atoms with Gasteiger partial charge in [0.15, 0.2) is 5.78 Å². The average molecular weight is 321 g/mol. The van der Waals surface area contributed by atoms with Crippen molar-refractivity contribution in [2.75, 3.05) is 32.8 Å². The van der Waals surface area contributed by atoms with Gasteiger partial charge in [0.05, 0.1) is 24.8 Å². The van der Waals surface area contributed by atoms with E-state index in [1.807, 2.05) is 0 Å². The third-order valence-electron chi connectivity index (χ3n) is 3.84. The number of rotatable bonds is 4. The Labute approximate surface area is 132 Å². The van der Waals surface area contributed by atoms with Crippen LogP contribution in [0.4, 0.5) is 9.18 Å². The third-order valence-corrected chi connectivity index (χ3v) is 3.84. The molecule has 0 aromatic heterocycles. The molecule has 1 aliphatic rings. The summed E-state index contributed by atoms with van der Waals surface area (Å²) < 4.78 is 13.3. The lowest BCUT2D eigenvalue weighted by Gasteiger charge is -2.39. The zero-order valence-electron chi connectivity index (χ0n) is 12.3. The van der Waals surface area contributed by atoms with E-state index in [0.717, 1.165) is 6.07 Å². The summed E-state index contributed by atoms with van der Waals surface area (Å²) in [7, 11) is 0. The summed E-state index contributed by atoms with van der Waals surface area (Å²) in [4.78, 5) is 26.1. The van der Waals surface area contributed by atoms with E-state index in [1.54, 1.807) is 11.0 Å². The van der Waals surface area contributed by atoms with Gasteiger partial charge in [-0.15, -0.1) is 0 Å². The van der Waals surface area contributed by atoms with Crippen LogP contribution in [0.15, 0.2) is 18.2 Å². The molecule has 1 fully saturated rings.